The van der Waals surface area contributed by atoms with E-state index in [2.05, 4.69) is 36.4 Å². The molecule has 0 spiro atoms. The van der Waals surface area contributed by atoms with E-state index in [4.69, 9.17) is 11.6 Å². The van der Waals surface area contributed by atoms with Crippen molar-refractivity contribution >= 4 is 40.6 Å². The number of benzene rings is 4. The first-order chi connectivity index (χ1) is 16.1. The highest BCUT2D eigenvalue weighted by Crippen LogP contribution is 2.55. The zero-order valence-corrected chi connectivity index (χ0v) is 21.1. The van der Waals surface area contributed by atoms with Gasteiger partial charge < -0.3 is 12.4 Å². The molecule has 0 heterocycles. The summed E-state index contributed by atoms with van der Waals surface area (Å²) in [6, 6.07) is 37.3. The number of Topliss-reactive ketones (excluding diaryl/α,β-unsaturated/α-hetero) is 1. The second-order valence-electron chi connectivity index (χ2n) is 8.07. The van der Waals surface area contributed by atoms with Crippen molar-refractivity contribution in [2.24, 2.45) is 0 Å². The van der Waals surface area contributed by atoms with Crippen LogP contribution in [0, 0.1) is 5.82 Å². The van der Waals surface area contributed by atoms with Gasteiger partial charge in [-0.1, -0.05) is 66.7 Å². The van der Waals surface area contributed by atoms with Gasteiger partial charge in [0.15, 0.2) is 5.78 Å². The van der Waals surface area contributed by atoms with Gasteiger partial charge >= 0.3 is 0 Å². The van der Waals surface area contributed by atoms with Crippen LogP contribution < -0.4 is 28.3 Å². The number of ketones is 1. The van der Waals surface area contributed by atoms with Crippen molar-refractivity contribution in [1.29, 1.82) is 0 Å². The molecule has 0 aromatic heterocycles. The van der Waals surface area contributed by atoms with Crippen LogP contribution in [0.5, 0.6) is 0 Å². The number of carbonyl (C=O) groups is 1. The van der Waals surface area contributed by atoms with Gasteiger partial charge in [0.25, 0.3) is 0 Å². The van der Waals surface area contributed by atoms with E-state index in [0.717, 1.165) is 5.56 Å². The maximum Gasteiger partial charge on any atom is 0.171 e. The Morgan fingerprint density at radius 2 is 1.12 bits per heavy atom. The SMILES string of the molecule is O=C(CCC(Cl)c1ccc(F)cc1)C[P+](c1ccccc1)(c1ccccc1)c1ccccc1.[Cl-]. The molecular weight excluding hydrogens is 485 g/mol. The molecule has 4 aromatic rings. The highest BCUT2D eigenvalue weighted by Gasteiger charge is 2.46. The second-order valence-corrected chi connectivity index (χ2v) is 12.1. The zero-order valence-electron chi connectivity index (χ0n) is 18.7. The molecule has 1 atom stereocenters. The fourth-order valence-electron chi connectivity index (χ4n) is 4.24. The van der Waals surface area contributed by atoms with Gasteiger partial charge in [-0.2, -0.15) is 0 Å². The quantitative estimate of drug-likeness (QED) is 0.249. The first kappa shape index (κ1) is 26.1. The van der Waals surface area contributed by atoms with Crippen molar-refractivity contribution in [3.63, 3.8) is 0 Å². The van der Waals surface area contributed by atoms with Crippen LogP contribution in [-0.4, -0.2) is 11.9 Å². The van der Waals surface area contributed by atoms with Crippen LogP contribution in [0.3, 0.4) is 0 Å². The number of rotatable bonds is 9. The van der Waals surface area contributed by atoms with Gasteiger partial charge in [0.05, 0.1) is 5.38 Å². The maximum absolute atomic E-state index is 13.5. The van der Waals surface area contributed by atoms with E-state index in [0.29, 0.717) is 19.0 Å². The van der Waals surface area contributed by atoms with E-state index < -0.39 is 7.26 Å². The lowest BCUT2D eigenvalue weighted by atomic mass is 10.1. The van der Waals surface area contributed by atoms with Crippen molar-refractivity contribution in [2.45, 2.75) is 18.2 Å². The lowest BCUT2D eigenvalue weighted by Crippen LogP contribution is -3.00. The van der Waals surface area contributed by atoms with E-state index in [9.17, 15) is 9.18 Å². The third kappa shape index (κ3) is 5.94. The highest BCUT2D eigenvalue weighted by atomic mass is 35.5. The molecule has 4 aromatic carbocycles. The summed E-state index contributed by atoms with van der Waals surface area (Å²) in [6.45, 7) is 0. The molecule has 5 heteroatoms. The van der Waals surface area contributed by atoms with Crippen LogP contribution in [0.4, 0.5) is 4.39 Å². The van der Waals surface area contributed by atoms with Gasteiger partial charge in [0, 0.05) is 6.42 Å². The number of halogens is 3. The van der Waals surface area contributed by atoms with E-state index in [1.807, 2.05) is 54.6 Å². The summed E-state index contributed by atoms with van der Waals surface area (Å²) >= 11 is 6.56. The average molecular weight is 511 g/mol. The molecule has 0 aliphatic carbocycles. The van der Waals surface area contributed by atoms with Crippen LogP contribution in [-0.2, 0) is 4.79 Å². The minimum atomic E-state index is -2.19. The second kappa shape index (κ2) is 12.3. The van der Waals surface area contributed by atoms with Crippen LogP contribution in [0.1, 0.15) is 23.8 Å². The molecule has 0 aliphatic rings. The van der Waals surface area contributed by atoms with Gasteiger partial charge in [-0.3, -0.25) is 4.79 Å². The van der Waals surface area contributed by atoms with Crippen molar-refractivity contribution in [3.8, 4) is 0 Å². The largest absolute Gasteiger partial charge is 1.00 e. The third-order valence-electron chi connectivity index (χ3n) is 5.91. The Morgan fingerprint density at radius 3 is 1.53 bits per heavy atom. The molecule has 34 heavy (non-hydrogen) atoms. The number of carbonyl (C=O) groups excluding carboxylic acids is 1. The molecule has 0 fully saturated rings. The minimum absolute atomic E-state index is 0. The lowest BCUT2D eigenvalue weighted by Gasteiger charge is -2.27. The minimum Gasteiger partial charge on any atom is -1.00 e. The predicted molar refractivity (Wildman–Crippen MR) is 139 cm³/mol. The number of hydrogen-bond acceptors (Lipinski definition) is 1. The molecule has 1 nitrogen and oxygen atoms in total. The Morgan fingerprint density at radius 1 is 0.706 bits per heavy atom. The molecule has 174 valence electrons. The lowest BCUT2D eigenvalue weighted by molar-refractivity contribution is -0.116. The van der Waals surface area contributed by atoms with Crippen molar-refractivity contribution in [2.75, 3.05) is 6.16 Å². The van der Waals surface area contributed by atoms with Crippen molar-refractivity contribution in [1.82, 2.24) is 0 Å². The molecule has 0 bridgehead atoms. The summed E-state index contributed by atoms with van der Waals surface area (Å²) in [5.74, 6) is -0.102. The van der Waals surface area contributed by atoms with E-state index in [1.54, 1.807) is 12.1 Å². The van der Waals surface area contributed by atoms with Gasteiger partial charge in [0.2, 0.25) is 0 Å². The van der Waals surface area contributed by atoms with E-state index in [1.165, 1.54) is 28.0 Å². The summed E-state index contributed by atoms with van der Waals surface area (Å²) in [5, 5.41) is 3.25. The monoisotopic (exact) mass is 510 g/mol. The first-order valence-electron chi connectivity index (χ1n) is 11.1. The Labute approximate surface area is 212 Å². The van der Waals surface area contributed by atoms with Gasteiger partial charge in [-0.25, -0.2) is 4.39 Å². The number of hydrogen-bond donors (Lipinski definition) is 0. The average Bonchev–Trinajstić information content (AvgIpc) is 2.88. The number of alkyl halides is 1. The fraction of sp³-hybridized carbons (Fsp3) is 0.138. The molecule has 0 N–H and O–H groups in total. The molecule has 0 aliphatic heterocycles. The summed E-state index contributed by atoms with van der Waals surface area (Å²) in [6.07, 6.45) is 1.34. The van der Waals surface area contributed by atoms with E-state index in [-0.39, 0.29) is 29.4 Å². The third-order valence-corrected chi connectivity index (χ3v) is 10.7. The normalized spacial score (nSPS) is 11.9. The van der Waals surface area contributed by atoms with Crippen LogP contribution in [0.2, 0.25) is 0 Å². The van der Waals surface area contributed by atoms with Gasteiger partial charge in [-0.05, 0) is 60.5 Å². The Kier molecular flexibility index (Phi) is 9.42. The van der Waals surface area contributed by atoms with E-state index >= 15 is 0 Å². The van der Waals surface area contributed by atoms with Crippen molar-refractivity contribution in [3.05, 3.63) is 127 Å². The van der Waals surface area contributed by atoms with Crippen LogP contribution >= 0.6 is 18.9 Å². The Bertz CT molecular complexity index is 1070. The van der Waals surface area contributed by atoms with Gasteiger partial charge in [0.1, 0.15) is 35.2 Å². The summed E-state index contributed by atoms with van der Waals surface area (Å²) in [4.78, 5) is 13.5. The molecular formula is C29H26Cl2FOP. The summed E-state index contributed by atoms with van der Waals surface area (Å²) in [7, 11) is -2.19. The highest BCUT2D eigenvalue weighted by molar-refractivity contribution is 7.96. The molecule has 0 saturated carbocycles. The molecule has 1 unspecified atom stereocenters. The summed E-state index contributed by atoms with van der Waals surface area (Å²) in [5.41, 5.74) is 0.834. The maximum atomic E-state index is 13.5. The standard InChI is InChI=1S/C29H26ClFOP.ClH/c30-29(23-16-18-24(31)19-17-23)21-20-25(32)22-33(26-10-4-1-5-11-26,27-12-6-2-7-13-27)28-14-8-3-9-15-28;/h1-19,29H,20-22H2;1H/q+1;/p-1. The molecule has 0 saturated heterocycles. The Hall–Kier alpha value is -2.51. The predicted octanol–water partition coefficient (Wildman–Crippen LogP) is 3.45. The van der Waals surface area contributed by atoms with Crippen molar-refractivity contribution < 1.29 is 21.6 Å². The van der Waals surface area contributed by atoms with Crippen LogP contribution in [0.25, 0.3) is 0 Å². The van der Waals surface area contributed by atoms with Gasteiger partial charge in [-0.15, -0.1) is 11.6 Å². The molecule has 4 rings (SSSR count). The molecule has 0 amide bonds. The zero-order chi connectivity index (χ0) is 23.1. The summed E-state index contributed by atoms with van der Waals surface area (Å²) < 4.78 is 13.2. The first-order valence-corrected chi connectivity index (χ1v) is 13.5. The fourth-order valence-corrected chi connectivity index (χ4v) is 8.67. The van der Waals surface area contributed by atoms with Crippen LogP contribution in [0.15, 0.2) is 115 Å². The molecule has 0 radical (unpaired) electrons. The topological polar surface area (TPSA) is 17.1 Å². The smallest absolute Gasteiger partial charge is 0.171 e. The Balaban J connectivity index is 0.00000324.